The number of amides is 1. The van der Waals surface area contributed by atoms with Crippen LogP contribution in [0.4, 0.5) is 5.95 Å². The van der Waals surface area contributed by atoms with Gasteiger partial charge in [-0.2, -0.15) is 0 Å². The molecular weight excluding hydrogens is 210 g/mol. The molecule has 1 amide bonds. The minimum absolute atomic E-state index is 0.265. The summed E-state index contributed by atoms with van der Waals surface area (Å²) in [7, 11) is 1.63. The molecule has 0 bridgehead atoms. The Labute approximate surface area is 90.7 Å². The van der Waals surface area contributed by atoms with Crippen LogP contribution in [-0.2, 0) is 7.05 Å². The fraction of sp³-hybridized carbons (Fsp3) is 0.250. The van der Waals surface area contributed by atoms with Crippen LogP contribution in [0.2, 0.25) is 0 Å². The third-order valence-electron chi connectivity index (χ3n) is 1.88. The third-order valence-corrected chi connectivity index (χ3v) is 1.88. The number of anilines is 1. The van der Waals surface area contributed by atoms with Gasteiger partial charge in [0.25, 0.3) is 5.91 Å². The van der Waals surface area contributed by atoms with E-state index in [1.165, 1.54) is 11.0 Å². The van der Waals surface area contributed by atoms with Crippen molar-refractivity contribution in [3.63, 3.8) is 0 Å². The van der Waals surface area contributed by atoms with E-state index in [9.17, 15) is 4.79 Å². The van der Waals surface area contributed by atoms with Crippen LogP contribution in [0.1, 0.15) is 16.2 Å². The summed E-state index contributed by atoms with van der Waals surface area (Å²) < 4.78 is 1.35. The average molecular weight is 219 g/mol. The van der Waals surface area contributed by atoms with Gasteiger partial charge >= 0.3 is 0 Å². The topological polar surface area (TPSA) is 98.5 Å². The van der Waals surface area contributed by atoms with Crippen LogP contribution in [-0.4, -0.2) is 36.1 Å². The Morgan fingerprint density at radius 3 is 2.88 bits per heavy atom. The van der Waals surface area contributed by atoms with E-state index in [0.29, 0.717) is 0 Å². The van der Waals surface area contributed by atoms with E-state index < -0.39 is 0 Å². The number of nitrogens with one attached hydrogen (secondary N) is 1. The number of hydrogen-bond donors (Lipinski definition) is 1. The van der Waals surface area contributed by atoms with Crippen LogP contribution in [0.15, 0.2) is 12.4 Å². The number of rotatable bonds is 2. The summed E-state index contributed by atoms with van der Waals surface area (Å²) in [5.41, 5.74) is 0.992. The highest BCUT2D eigenvalue weighted by Gasteiger charge is 2.11. The second-order valence-corrected chi connectivity index (χ2v) is 3.12. The van der Waals surface area contributed by atoms with Gasteiger partial charge < -0.3 is 0 Å². The predicted molar refractivity (Wildman–Crippen MR) is 53.5 cm³/mol. The molecule has 0 spiro atoms. The van der Waals surface area contributed by atoms with E-state index in [4.69, 9.17) is 0 Å². The Kier molecular flexibility index (Phi) is 2.54. The van der Waals surface area contributed by atoms with Crippen LogP contribution < -0.4 is 5.32 Å². The standard InChI is InChI=1S/C8H9N7O/c1-5-3-6(10-4-9-5)7(16)11-8-12-13-14-15(8)2/h3-4H,1-2H3,(H,11,12,14,16). The number of tetrazole rings is 1. The summed E-state index contributed by atoms with van der Waals surface area (Å²) in [5, 5.41) is 13.2. The number of carbonyl (C=O) groups excluding carboxylic acids is 1. The molecule has 2 aromatic rings. The molecule has 82 valence electrons. The molecule has 2 rings (SSSR count). The van der Waals surface area contributed by atoms with Crippen molar-refractivity contribution in [1.29, 1.82) is 0 Å². The molecule has 0 atom stereocenters. The number of aromatic nitrogens is 6. The molecule has 1 N–H and O–H groups in total. The predicted octanol–water partition coefficient (Wildman–Crippen LogP) is -0.439. The molecule has 2 aromatic heterocycles. The van der Waals surface area contributed by atoms with Crippen molar-refractivity contribution in [2.75, 3.05) is 5.32 Å². The molecule has 0 saturated carbocycles. The number of nitrogens with zero attached hydrogens (tertiary/aromatic N) is 6. The van der Waals surface area contributed by atoms with Crippen LogP contribution in [0, 0.1) is 6.92 Å². The minimum Gasteiger partial charge on any atom is -0.288 e. The minimum atomic E-state index is -0.372. The van der Waals surface area contributed by atoms with Gasteiger partial charge in [0.1, 0.15) is 12.0 Å². The summed E-state index contributed by atoms with van der Waals surface area (Å²) in [6.45, 7) is 1.78. The maximum Gasteiger partial charge on any atom is 0.276 e. The maximum absolute atomic E-state index is 11.7. The van der Waals surface area contributed by atoms with Crippen molar-refractivity contribution < 1.29 is 4.79 Å². The Hall–Kier alpha value is -2.38. The van der Waals surface area contributed by atoms with Gasteiger partial charge in [-0.3, -0.25) is 10.1 Å². The second-order valence-electron chi connectivity index (χ2n) is 3.12. The summed E-state index contributed by atoms with van der Waals surface area (Å²) >= 11 is 0. The summed E-state index contributed by atoms with van der Waals surface area (Å²) in [6.07, 6.45) is 1.33. The highest BCUT2D eigenvalue weighted by Crippen LogP contribution is 2.02. The third kappa shape index (κ3) is 2.00. The van der Waals surface area contributed by atoms with E-state index >= 15 is 0 Å². The molecule has 0 aromatic carbocycles. The Morgan fingerprint density at radius 1 is 1.44 bits per heavy atom. The first kappa shape index (κ1) is 10.1. The van der Waals surface area contributed by atoms with Crippen molar-refractivity contribution in [3.05, 3.63) is 23.8 Å². The second kappa shape index (κ2) is 4.01. The SMILES string of the molecule is Cc1cc(C(=O)Nc2nnnn2C)ncn1. The molecule has 0 unspecified atom stereocenters. The van der Waals surface area contributed by atoms with Crippen LogP contribution in [0.25, 0.3) is 0 Å². The zero-order valence-electron chi connectivity index (χ0n) is 8.75. The Morgan fingerprint density at radius 2 is 2.25 bits per heavy atom. The smallest absolute Gasteiger partial charge is 0.276 e. The van der Waals surface area contributed by atoms with Crippen LogP contribution in [0.3, 0.4) is 0 Å². The molecule has 8 heteroatoms. The molecule has 16 heavy (non-hydrogen) atoms. The lowest BCUT2D eigenvalue weighted by molar-refractivity contribution is 0.102. The number of carbonyl (C=O) groups is 1. The van der Waals surface area contributed by atoms with Crippen molar-refractivity contribution in [3.8, 4) is 0 Å². The fourth-order valence-corrected chi connectivity index (χ4v) is 1.08. The summed E-state index contributed by atoms with van der Waals surface area (Å²) in [5.74, 6) is -0.107. The zero-order valence-corrected chi connectivity index (χ0v) is 8.75. The van der Waals surface area contributed by atoms with Gasteiger partial charge in [0.15, 0.2) is 0 Å². The van der Waals surface area contributed by atoms with Gasteiger partial charge in [-0.05, 0) is 23.4 Å². The van der Waals surface area contributed by atoms with Crippen molar-refractivity contribution in [2.24, 2.45) is 7.05 Å². The Bertz CT molecular complexity index is 521. The summed E-state index contributed by atoms with van der Waals surface area (Å²) in [4.78, 5) is 19.5. The first-order valence-corrected chi connectivity index (χ1v) is 4.49. The number of aryl methyl sites for hydroxylation is 2. The molecular formula is C8H9N7O. The van der Waals surface area contributed by atoms with Gasteiger partial charge in [-0.15, -0.1) is 0 Å². The molecule has 2 heterocycles. The first-order chi connectivity index (χ1) is 7.66. The highest BCUT2D eigenvalue weighted by molar-refractivity contribution is 6.01. The van der Waals surface area contributed by atoms with Gasteiger partial charge in [-0.1, -0.05) is 5.10 Å². The van der Waals surface area contributed by atoms with E-state index in [2.05, 4.69) is 30.8 Å². The number of hydrogen-bond acceptors (Lipinski definition) is 6. The van der Waals surface area contributed by atoms with Crippen molar-refractivity contribution in [2.45, 2.75) is 6.92 Å². The van der Waals surface area contributed by atoms with Gasteiger partial charge in [0, 0.05) is 12.7 Å². The lowest BCUT2D eigenvalue weighted by Gasteiger charge is -2.02. The Balaban J connectivity index is 2.18. The molecule has 0 fully saturated rings. The molecule has 0 aliphatic heterocycles. The van der Waals surface area contributed by atoms with Gasteiger partial charge in [0.05, 0.1) is 0 Å². The van der Waals surface area contributed by atoms with Crippen molar-refractivity contribution in [1.82, 2.24) is 30.2 Å². The average Bonchev–Trinajstić information content (AvgIpc) is 2.64. The molecule has 0 aliphatic rings. The largest absolute Gasteiger partial charge is 0.288 e. The van der Waals surface area contributed by atoms with Crippen LogP contribution in [0.5, 0.6) is 0 Å². The maximum atomic E-state index is 11.7. The zero-order chi connectivity index (χ0) is 11.5. The monoisotopic (exact) mass is 219 g/mol. The fourth-order valence-electron chi connectivity index (χ4n) is 1.08. The molecule has 0 aliphatic carbocycles. The molecule has 8 nitrogen and oxygen atoms in total. The lowest BCUT2D eigenvalue weighted by Crippen LogP contribution is -2.17. The molecule has 0 saturated heterocycles. The first-order valence-electron chi connectivity index (χ1n) is 4.49. The van der Waals surface area contributed by atoms with Crippen LogP contribution >= 0.6 is 0 Å². The lowest BCUT2D eigenvalue weighted by atomic mass is 10.3. The normalized spacial score (nSPS) is 10.1. The van der Waals surface area contributed by atoms with Gasteiger partial charge in [-0.25, -0.2) is 14.6 Å². The highest BCUT2D eigenvalue weighted by atomic mass is 16.2. The quantitative estimate of drug-likeness (QED) is 0.735. The molecule has 0 radical (unpaired) electrons. The summed E-state index contributed by atoms with van der Waals surface area (Å²) in [6, 6.07) is 1.58. The van der Waals surface area contributed by atoms with E-state index in [1.807, 2.05) is 0 Å². The van der Waals surface area contributed by atoms with E-state index in [1.54, 1.807) is 20.0 Å². The van der Waals surface area contributed by atoms with Gasteiger partial charge in [0.2, 0.25) is 5.95 Å². The van der Waals surface area contributed by atoms with E-state index in [-0.39, 0.29) is 17.5 Å². The van der Waals surface area contributed by atoms with E-state index in [0.717, 1.165) is 5.69 Å². The van der Waals surface area contributed by atoms with Crippen molar-refractivity contribution >= 4 is 11.9 Å².